The first-order valence-electron chi connectivity index (χ1n) is 7.02. The van der Waals surface area contributed by atoms with Gasteiger partial charge < -0.3 is 24.6 Å². The number of hydrogen-bond acceptors (Lipinski definition) is 7. The zero-order valence-electron chi connectivity index (χ0n) is 12.9. The standard InChI is InChI=1S/C15H19NO6S/c1-9(18)22-12-4-3-10(5-13(12)21-2)15-16(6-11(19)7-17)14(20)8-23-15/h3-5,11,15,17,19H,6-8H2,1-2H3/t11-,15?/m0/s1. The second-order valence-corrected chi connectivity index (χ2v) is 6.12. The normalized spacial score (nSPS) is 18.9. The van der Waals surface area contributed by atoms with Gasteiger partial charge >= 0.3 is 5.97 Å². The molecular weight excluding hydrogens is 322 g/mol. The van der Waals surface area contributed by atoms with Crippen LogP contribution in [0.25, 0.3) is 0 Å². The molecule has 1 heterocycles. The number of aliphatic hydroxyl groups is 2. The van der Waals surface area contributed by atoms with E-state index >= 15 is 0 Å². The summed E-state index contributed by atoms with van der Waals surface area (Å²) in [4.78, 5) is 24.6. The van der Waals surface area contributed by atoms with Crippen molar-refractivity contribution in [2.75, 3.05) is 26.0 Å². The summed E-state index contributed by atoms with van der Waals surface area (Å²) >= 11 is 1.42. The van der Waals surface area contributed by atoms with E-state index in [1.54, 1.807) is 18.2 Å². The minimum atomic E-state index is -0.984. The lowest BCUT2D eigenvalue weighted by molar-refractivity contribution is -0.132. The Labute approximate surface area is 138 Å². The van der Waals surface area contributed by atoms with E-state index < -0.39 is 18.7 Å². The van der Waals surface area contributed by atoms with Crippen molar-refractivity contribution in [1.82, 2.24) is 4.90 Å². The number of benzene rings is 1. The van der Waals surface area contributed by atoms with E-state index in [-0.39, 0.29) is 17.8 Å². The zero-order chi connectivity index (χ0) is 17.0. The number of methoxy groups -OCH3 is 1. The average molecular weight is 341 g/mol. The van der Waals surface area contributed by atoms with Crippen LogP contribution in [-0.2, 0) is 9.59 Å². The van der Waals surface area contributed by atoms with Crippen LogP contribution in [0.1, 0.15) is 17.9 Å². The number of carbonyl (C=O) groups is 2. The summed E-state index contributed by atoms with van der Waals surface area (Å²) < 4.78 is 10.3. The topological polar surface area (TPSA) is 96.3 Å². The molecule has 1 amide bonds. The third-order valence-corrected chi connectivity index (χ3v) is 4.57. The smallest absolute Gasteiger partial charge is 0.308 e. The molecule has 1 aromatic rings. The molecule has 0 radical (unpaired) electrons. The number of carbonyl (C=O) groups excluding carboxylic acids is 2. The molecule has 126 valence electrons. The van der Waals surface area contributed by atoms with Crippen LogP contribution in [-0.4, -0.2) is 59.1 Å². The van der Waals surface area contributed by atoms with Crippen molar-refractivity contribution in [3.63, 3.8) is 0 Å². The molecule has 2 N–H and O–H groups in total. The van der Waals surface area contributed by atoms with Gasteiger partial charge in [-0.25, -0.2) is 0 Å². The highest BCUT2D eigenvalue weighted by atomic mass is 32.2. The van der Waals surface area contributed by atoms with Gasteiger partial charge in [0.2, 0.25) is 5.91 Å². The first-order chi connectivity index (χ1) is 11.0. The molecule has 23 heavy (non-hydrogen) atoms. The lowest BCUT2D eigenvalue weighted by Crippen LogP contribution is -2.37. The lowest BCUT2D eigenvalue weighted by Gasteiger charge is -2.26. The number of rotatable bonds is 6. The Kier molecular flexibility index (Phi) is 5.86. The minimum Gasteiger partial charge on any atom is -0.493 e. The summed E-state index contributed by atoms with van der Waals surface area (Å²) in [5.41, 5.74) is 0.791. The molecule has 1 aliphatic rings. The highest BCUT2D eigenvalue weighted by Gasteiger charge is 2.34. The van der Waals surface area contributed by atoms with E-state index in [0.29, 0.717) is 17.3 Å². The van der Waals surface area contributed by atoms with Crippen LogP contribution in [0, 0.1) is 0 Å². The summed E-state index contributed by atoms with van der Waals surface area (Å²) in [6.07, 6.45) is -0.984. The van der Waals surface area contributed by atoms with Crippen molar-refractivity contribution >= 4 is 23.6 Å². The summed E-state index contributed by atoms with van der Waals surface area (Å²) in [5, 5.41) is 18.3. The Morgan fingerprint density at radius 1 is 1.48 bits per heavy atom. The summed E-state index contributed by atoms with van der Waals surface area (Å²) in [6.45, 7) is 0.952. The number of thioether (sulfide) groups is 1. The second kappa shape index (κ2) is 7.67. The number of hydrogen-bond donors (Lipinski definition) is 2. The fraction of sp³-hybridized carbons (Fsp3) is 0.467. The van der Waals surface area contributed by atoms with E-state index in [9.17, 15) is 14.7 Å². The Bertz CT molecular complexity index is 593. The molecule has 0 aliphatic carbocycles. The first kappa shape index (κ1) is 17.6. The molecule has 1 aromatic carbocycles. The third-order valence-electron chi connectivity index (χ3n) is 3.31. The Morgan fingerprint density at radius 2 is 2.22 bits per heavy atom. The van der Waals surface area contributed by atoms with Crippen molar-refractivity contribution in [3.8, 4) is 11.5 Å². The fourth-order valence-corrected chi connectivity index (χ4v) is 3.48. The lowest BCUT2D eigenvalue weighted by atomic mass is 10.1. The largest absolute Gasteiger partial charge is 0.493 e. The van der Waals surface area contributed by atoms with Crippen molar-refractivity contribution in [3.05, 3.63) is 23.8 Å². The highest BCUT2D eigenvalue weighted by molar-refractivity contribution is 8.00. The third kappa shape index (κ3) is 4.15. The van der Waals surface area contributed by atoms with Gasteiger partial charge in [-0.15, -0.1) is 11.8 Å². The average Bonchev–Trinajstić information content (AvgIpc) is 2.88. The van der Waals surface area contributed by atoms with Crippen molar-refractivity contribution < 1.29 is 29.3 Å². The maximum atomic E-state index is 12.0. The number of esters is 1. The van der Waals surface area contributed by atoms with E-state index in [2.05, 4.69) is 0 Å². The van der Waals surface area contributed by atoms with E-state index in [1.165, 1.54) is 30.7 Å². The number of amides is 1. The summed E-state index contributed by atoms with van der Waals surface area (Å²) in [5.74, 6) is 0.446. The molecule has 1 saturated heterocycles. The molecule has 1 unspecified atom stereocenters. The zero-order valence-corrected chi connectivity index (χ0v) is 13.7. The number of β-amino-alcohol motifs (C(OH)–C–C–N with tert-alkyl or cyclic N) is 1. The second-order valence-electron chi connectivity index (χ2n) is 5.05. The minimum absolute atomic E-state index is 0.0566. The van der Waals surface area contributed by atoms with Crippen LogP contribution >= 0.6 is 11.8 Å². The predicted molar refractivity (Wildman–Crippen MR) is 84.3 cm³/mol. The molecule has 0 saturated carbocycles. The Balaban J connectivity index is 2.25. The quantitative estimate of drug-likeness (QED) is 0.576. The van der Waals surface area contributed by atoms with Crippen LogP contribution in [0.2, 0.25) is 0 Å². The number of ether oxygens (including phenoxy) is 2. The van der Waals surface area contributed by atoms with Gasteiger partial charge in [-0.3, -0.25) is 9.59 Å². The van der Waals surface area contributed by atoms with E-state index in [1.807, 2.05) is 0 Å². The Morgan fingerprint density at radius 3 is 2.83 bits per heavy atom. The van der Waals surface area contributed by atoms with Gasteiger partial charge in [0.25, 0.3) is 0 Å². The van der Waals surface area contributed by atoms with E-state index in [0.717, 1.165) is 5.56 Å². The molecule has 0 spiro atoms. The van der Waals surface area contributed by atoms with Crippen molar-refractivity contribution in [1.29, 1.82) is 0 Å². The molecule has 0 bridgehead atoms. The van der Waals surface area contributed by atoms with Gasteiger partial charge in [0.1, 0.15) is 5.37 Å². The van der Waals surface area contributed by atoms with E-state index in [4.69, 9.17) is 14.6 Å². The van der Waals surface area contributed by atoms with Gasteiger partial charge in [-0.05, 0) is 17.7 Å². The molecular formula is C15H19NO6S. The molecule has 1 fully saturated rings. The summed E-state index contributed by atoms with van der Waals surface area (Å²) in [6, 6.07) is 5.06. The van der Waals surface area contributed by atoms with Crippen molar-refractivity contribution in [2.45, 2.75) is 18.4 Å². The van der Waals surface area contributed by atoms with Gasteiger partial charge in [0.05, 0.1) is 32.1 Å². The van der Waals surface area contributed by atoms with Gasteiger partial charge in [0.15, 0.2) is 11.5 Å². The SMILES string of the molecule is COc1cc(C2SCC(=O)N2C[C@H](O)CO)ccc1OC(C)=O. The van der Waals surface area contributed by atoms with Crippen LogP contribution in [0.4, 0.5) is 0 Å². The van der Waals surface area contributed by atoms with Gasteiger partial charge in [-0.1, -0.05) is 6.07 Å². The first-order valence-corrected chi connectivity index (χ1v) is 8.07. The molecule has 2 atom stereocenters. The van der Waals surface area contributed by atoms with Crippen LogP contribution in [0.3, 0.4) is 0 Å². The maximum absolute atomic E-state index is 12.0. The van der Waals surface area contributed by atoms with Crippen LogP contribution in [0.15, 0.2) is 18.2 Å². The molecule has 7 nitrogen and oxygen atoms in total. The molecule has 1 aliphatic heterocycles. The highest BCUT2D eigenvalue weighted by Crippen LogP contribution is 2.41. The van der Waals surface area contributed by atoms with Gasteiger partial charge in [0, 0.05) is 6.92 Å². The van der Waals surface area contributed by atoms with Crippen LogP contribution < -0.4 is 9.47 Å². The van der Waals surface area contributed by atoms with Crippen LogP contribution in [0.5, 0.6) is 11.5 Å². The van der Waals surface area contributed by atoms with Gasteiger partial charge in [-0.2, -0.15) is 0 Å². The number of aliphatic hydroxyl groups excluding tert-OH is 2. The molecule has 8 heteroatoms. The summed E-state index contributed by atoms with van der Waals surface area (Å²) in [7, 11) is 1.46. The fourth-order valence-electron chi connectivity index (χ4n) is 2.29. The maximum Gasteiger partial charge on any atom is 0.308 e. The monoisotopic (exact) mass is 341 g/mol. The molecule has 2 rings (SSSR count). The number of nitrogens with zero attached hydrogens (tertiary/aromatic N) is 1. The predicted octanol–water partition coefficient (Wildman–Crippen LogP) is 0.548. The Hall–Kier alpha value is -1.77. The van der Waals surface area contributed by atoms with Crippen molar-refractivity contribution in [2.24, 2.45) is 0 Å². The molecule has 0 aromatic heterocycles.